The van der Waals surface area contributed by atoms with Gasteiger partial charge in [-0.15, -0.1) is 0 Å². The van der Waals surface area contributed by atoms with Gasteiger partial charge in [0.15, 0.2) is 5.84 Å². The van der Waals surface area contributed by atoms with Crippen LogP contribution in [-0.2, 0) is 6.42 Å². The summed E-state index contributed by atoms with van der Waals surface area (Å²) in [6, 6.07) is 11.7. The van der Waals surface area contributed by atoms with E-state index in [0.29, 0.717) is 11.7 Å². The number of likely N-dealkylation sites (tertiary alicyclic amines) is 1. The SMILES string of the molecule is CCc1ccc(Oc2ccc(/C(=N/O)N3CCCCC3)cn2)cc1. The van der Waals surface area contributed by atoms with Crippen LogP contribution < -0.4 is 4.74 Å². The first-order valence-corrected chi connectivity index (χ1v) is 8.50. The van der Waals surface area contributed by atoms with E-state index in [4.69, 9.17) is 4.74 Å². The molecule has 0 spiro atoms. The number of oxime groups is 1. The van der Waals surface area contributed by atoms with E-state index in [2.05, 4.69) is 34.1 Å². The summed E-state index contributed by atoms with van der Waals surface area (Å²) < 4.78 is 5.76. The topological polar surface area (TPSA) is 58.0 Å². The summed E-state index contributed by atoms with van der Waals surface area (Å²) in [4.78, 5) is 6.44. The first kappa shape index (κ1) is 16.3. The van der Waals surface area contributed by atoms with Crippen molar-refractivity contribution in [1.29, 1.82) is 0 Å². The highest BCUT2D eigenvalue weighted by Crippen LogP contribution is 2.21. The predicted octanol–water partition coefficient (Wildman–Crippen LogP) is 4.06. The second-order valence-electron chi connectivity index (χ2n) is 5.96. The van der Waals surface area contributed by atoms with Gasteiger partial charge in [-0.2, -0.15) is 0 Å². The minimum Gasteiger partial charge on any atom is -0.439 e. The number of rotatable bonds is 4. The molecule has 1 saturated heterocycles. The predicted molar refractivity (Wildman–Crippen MR) is 93.9 cm³/mol. The number of nitrogens with zero attached hydrogens (tertiary/aromatic N) is 3. The molecule has 0 saturated carbocycles. The third kappa shape index (κ3) is 3.85. The fourth-order valence-electron chi connectivity index (χ4n) is 2.90. The highest BCUT2D eigenvalue weighted by molar-refractivity contribution is 5.98. The Morgan fingerprint density at radius 3 is 2.46 bits per heavy atom. The second kappa shape index (κ2) is 7.81. The number of aryl methyl sites for hydroxylation is 1. The second-order valence-corrected chi connectivity index (χ2v) is 5.96. The molecule has 2 heterocycles. The molecule has 2 aromatic rings. The molecule has 0 bridgehead atoms. The van der Waals surface area contributed by atoms with Crippen molar-refractivity contribution in [3.8, 4) is 11.6 Å². The summed E-state index contributed by atoms with van der Waals surface area (Å²) in [5.74, 6) is 1.87. The zero-order valence-corrected chi connectivity index (χ0v) is 14.0. The van der Waals surface area contributed by atoms with Gasteiger partial charge in [0.2, 0.25) is 5.88 Å². The smallest absolute Gasteiger partial charge is 0.219 e. The molecule has 0 atom stereocenters. The Hall–Kier alpha value is -2.56. The van der Waals surface area contributed by atoms with Gasteiger partial charge in [0.1, 0.15) is 5.75 Å². The lowest BCUT2D eigenvalue weighted by Gasteiger charge is -2.28. The van der Waals surface area contributed by atoms with E-state index in [1.54, 1.807) is 12.3 Å². The lowest BCUT2D eigenvalue weighted by molar-refractivity contribution is 0.286. The van der Waals surface area contributed by atoms with Gasteiger partial charge >= 0.3 is 0 Å². The first-order valence-electron chi connectivity index (χ1n) is 8.50. The van der Waals surface area contributed by atoms with Crippen LogP contribution in [0.15, 0.2) is 47.8 Å². The molecule has 5 nitrogen and oxygen atoms in total. The summed E-state index contributed by atoms with van der Waals surface area (Å²) in [7, 11) is 0. The molecule has 1 fully saturated rings. The van der Waals surface area contributed by atoms with Crippen LogP contribution in [0.3, 0.4) is 0 Å². The van der Waals surface area contributed by atoms with E-state index in [-0.39, 0.29) is 0 Å². The van der Waals surface area contributed by atoms with Crippen LogP contribution in [0.25, 0.3) is 0 Å². The van der Waals surface area contributed by atoms with Crippen molar-refractivity contribution in [2.75, 3.05) is 13.1 Å². The quantitative estimate of drug-likeness (QED) is 0.399. The average molecular weight is 325 g/mol. The van der Waals surface area contributed by atoms with Gasteiger partial charge in [-0.25, -0.2) is 4.98 Å². The summed E-state index contributed by atoms with van der Waals surface area (Å²) in [5.41, 5.74) is 2.07. The summed E-state index contributed by atoms with van der Waals surface area (Å²) >= 11 is 0. The number of hydrogen-bond acceptors (Lipinski definition) is 4. The average Bonchev–Trinajstić information content (AvgIpc) is 2.65. The Morgan fingerprint density at radius 2 is 1.88 bits per heavy atom. The molecule has 0 aliphatic carbocycles. The van der Waals surface area contributed by atoms with Crippen LogP contribution in [0.1, 0.15) is 37.3 Å². The van der Waals surface area contributed by atoms with Gasteiger partial charge in [0.05, 0.1) is 0 Å². The highest BCUT2D eigenvalue weighted by atomic mass is 16.5. The number of amidine groups is 1. The number of ether oxygens (including phenoxy) is 1. The maximum absolute atomic E-state index is 9.37. The van der Waals surface area contributed by atoms with Gasteiger partial charge < -0.3 is 14.8 Å². The van der Waals surface area contributed by atoms with Gasteiger partial charge in [0.25, 0.3) is 0 Å². The number of piperidine rings is 1. The summed E-state index contributed by atoms with van der Waals surface area (Å²) in [5, 5.41) is 12.8. The molecule has 1 aliphatic heterocycles. The van der Waals surface area contributed by atoms with Gasteiger partial charge in [0, 0.05) is 30.9 Å². The van der Waals surface area contributed by atoms with Crippen molar-refractivity contribution in [2.24, 2.45) is 5.16 Å². The van der Waals surface area contributed by atoms with Crippen molar-refractivity contribution in [3.63, 3.8) is 0 Å². The molecule has 1 N–H and O–H groups in total. The van der Waals surface area contributed by atoms with E-state index >= 15 is 0 Å². The highest BCUT2D eigenvalue weighted by Gasteiger charge is 2.17. The van der Waals surface area contributed by atoms with Crippen molar-refractivity contribution < 1.29 is 9.94 Å². The van der Waals surface area contributed by atoms with Crippen molar-refractivity contribution >= 4 is 5.84 Å². The van der Waals surface area contributed by atoms with E-state index in [9.17, 15) is 5.21 Å². The van der Waals surface area contributed by atoms with Crippen LogP contribution in [0.4, 0.5) is 0 Å². The normalized spacial score (nSPS) is 15.4. The molecule has 5 heteroatoms. The van der Waals surface area contributed by atoms with Crippen LogP contribution in [0.5, 0.6) is 11.6 Å². The molecular weight excluding hydrogens is 302 g/mol. The molecular formula is C19H23N3O2. The molecule has 3 rings (SSSR count). The third-order valence-corrected chi connectivity index (χ3v) is 4.30. The fraction of sp³-hybridized carbons (Fsp3) is 0.368. The maximum Gasteiger partial charge on any atom is 0.219 e. The molecule has 0 amide bonds. The van der Waals surface area contributed by atoms with Crippen molar-refractivity contribution in [3.05, 3.63) is 53.7 Å². The van der Waals surface area contributed by atoms with Crippen LogP contribution in [0.2, 0.25) is 0 Å². The van der Waals surface area contributed by atoms with Gasteiger partial charge in [-0.05, 0) is 49.4 Å². The molecule has 1 aromatic carbocycles. The van der Waals surface area contributed by atoms with Crippen molar-refractivity contribution in [2.45, 2.75) is 32.6 Å². The van der Waals surface area contributed by atoms with Gasteiger partial charge in [-0.3, -0.25) is 0 Å². The standard InChI is InChI=1S/C19H23N3O2/c1-2-15-6-9-17(10-7-15)24-18-11-8-16(14-20-18)19(21-23)22-12-4-3-5-13-22/h6-11,14,23H,2-5,12-13H2,1H3/b21-19-. The number of pyridine rings is 1. The summed E-state index contributed by atoms with van der Waals surface area (Å²) in [6.07, 6.45) is 6.19. The Morgan fingerprint density at radius 1 is 1.12 bits per heavy atom. The Balaban J connectivity index is 1.69. The Bertz CT molecular complexity index is 675. The van der Waals surface area contributed by atoms with E-state index < -0.39 is 0 Å². The zero-order chi connectivity index (χ0) is 16.8. The largest absolute Gasteiger partial charge is 0.439 e. The molecule has 0 unspecified atom stereocenters. The van der Waals surface area contributed by atoms with Crippen LogP contribution in [0, 0.1) is 0 Å². The lowest BCUT2D eigenvalue weighted by atomic mass is 10.1. The Labute approximate surface area is 142 Å². The minimum atomic E-state index is 0.527. The van der Waals surface area contributed by atoms with E-state index in [1.165, 1.54) is 12.0 Å². The van der Waals surface area contributed by atoms with E-state index in [1.807, 2.05) is 18.2 Å². The number of aromatic nitrogens is 1. The third-order valence-electron chi connectivity index (χ3n) is 4.30. The monoisotopic (exact) mass is 325 g/mol. The van der Waals surface area contributed by atoms with Crippen LogP contribution in [-0.4, -0.2) is 34.0 Å². The molecule has 1 aromatic heterocycles. The van der Waals surface area contributed by atoms with Crippen molar-refractivity contribution in [1.82, 2.24) is 9.88 Å². The molecule has 24 heavy (non-hydrogen) atoms. The number of hydrogen-bond donors (Lipinski definition) is 1. The minimum absolute atomic E-state index is 0.527. The molecule has 0 radical (unpaired) electrons. The fourth-order valence-corrected chi connectivity index (χ4v) is 2.90. The molecule has 1 aliphatic rings. The molecule has 126 valence electrons. The summed E-state index contributed by atoms with van der Waals surface area (Å²) in [6.45, 7) is 3.96. The number of benzene rings is 1. The Kier molecular flexibility index (Phi) is 5.31. The lowest BCUT2D eigenvalue weighted by Crippen LogP contribution is -2.36. The van der Waals surface area contributed by atoms with Crippen LogP contribution >= 0.6 is 0 Å². The van der Waals surface area contributed by atoms with E-state index in [0.717, 1.165) is 43.7 Å². The zero-order valence-electron chi connectivity index (χ0n) is 14.0. The maximum atomic E-state index is 9.37. The first-order chi connectivity index (χ1) is 11.8. The van der Waals surface area contributed by atoms with Gasteiger partial charge in [-0.1, -0.05) is 24.2 Å².